The van der Waals surface area contributed by atoms with Crippen LogP contribution in [0.5, 0.6) is 0 Å². The van der Waals surface area contributed by atoms with Crippen LogP contribution in [0.2, 0.25) is 0 Å². The van der Waals surface area contributed by atoms with Gasteiger partial charge in [0, 0.05) is 5.69 Å². The smallest absolute Gasteiger partial charge is 0.325 e. The zero-order valence-electron chi connectivity index (χ0n) is 11.9. The van der Waals surface area contributed by atoms with Crippen LogP contribution in [0.25, 0.3) is 0 Å². The van der Waals surface area contributed by atoms with E-state index in [1.165, 1.54) is 20.8 Å². The van der Waals surface area contributed by atoms with Crippen molar-refractivity contribution in [1.82, 2.24) is 5.32 Å². The maximum atomic E-state index is 12.9. The van der Waals surface area contributed by atoms with Gasteiger partial charge in [0.1, 0.15) is 6.04 Å². The lowest BCUT2D eigenvalue weighted by atomic mass is 9.86. The van der Waals surface area contributed by atoms with Crippen molar-refractivity contribution in [2.75, 3.05) is 5.32 Å². The molecule has 1 aromatic rings. The first-order chi connectivity index (χ1) is 9.00. The number of anilines is 1. The van der Waals surface area contributed by atoms with Crippen molar-refractivity contribution in [3.63, 3.8) is 0 Å². The molecule has 2 N–H and O–H groups in total. The largest absolute Gasteiger partial charge is 0.409 e. The number of urea groups is 1. The van der Waals surface area contributed by atoms with E-state index in [-0.39, 0.29) is 0 Å². The van der Waals surface area contributed by atoms with Gasteiger partial charge in [0.2, 0.25) is 0 Å². The molecular weight excluding hydrogens is 269 g/mol. The molecule has 2 amide bonds. The van der Waals surface area contributed by atoms with E-state index in [1.807, 2.05) is 12.2 Å². The molecule has 0 aliphatic rings. The summed E-state index contributed by atoms with van der Waals surface area (Å²) in [5.41, 5.74) is 0.324. The van der Waals surface area contributed by atoms with Crippen LogP contribution in [0.1, 0.15) is 26.3 Å². The minimum absolute atomic E-state index is 0.447. The molecule has 0 aliphatic carbocycles. The molecule has 1 unspecified atom stereocenters. The van der Waals surface area contributed by atoms with Crippen molar-refractivity contribution in [2.45, 2.75) is 39.9 Å². The highest BCUT2D eigenvalue weighted by Gasteiger charge is 2.47. The third-order valence-corrected chi connectivity index (χ3v) is 2.78. The van der Waals surface area contributed by atoms with E-state index in [1.54, 1.807) is 24.3 Å². The van der Waals surface area contributed by atoms with Gasteiger partial charge in [-0.2, -0.15) is 13.2 Å². The quantitative estimate of drug-likeness (QED) is 0.845. The van der Waals surface area contributed by atoms with Crippen LogP contribution in [-0.2, 0) is 0 Å². The molecule has 0 saturated heterocycles. The first-order valence-corrected chi connectivity index (χ1v) is 6.21. The van der Waals surface area contributed by atoms with E-state index in [2.05, 4.69) is 5.32 Å². The summed E-state index contributed by atoms with van der Waals surface area (Å²) in [6, 6.07) is 4.01. The van der Waals surface area contributed by atoms with Crippen molar-refractivity contribution in [2.24, 2.45) is 5.41 Å². The Hall–Kier alpha value is -1.72. The summed E-state index contributed by atoms with van der Waals surface area (Å²) >= 11 is 0. The summed E-state index contributed by atoms with van der Waals surface area (Å²) in [7, 11) is 0. The number of hydrogen-bond acceptors (Lipinski definition) is 1. The minimum atomic E-state index is -4.50. The zero-order valence-corrected chi connectivity index (χ0v) is 11.9. The third-order valence-electron chi connectivity index (χ3n) is 2.78. The zero-order chi connectivity index (χ0) is 15.6. The number of amides is 2. The van der Waals surface area contributed by atoms with E-state index in [9.17, 15) is 18.0 Å². The van der Waals surface area contributed by atoms with E-state index >= 15 is 0 Å². The van der Waals surface area contributed by atoms with Gasteiger partial charge in [-0.15, -0.1) is 0 Å². The van der Waals surface area contributed by atoms with Gasteiger partial charge < -0.3 is 10.6 Å². The van der Waals surface area contributed by atoms with Gasteiger partial charge >= 0.3 is 12.2 Å². The summed E-state index contributed by atoms with van der Waals surface area (Å²) in [5, 5.41) is 4.38. The molecule has 0 saturated carbocycles. The predicted octanol–water partition coefficient (Wildman–Crippen LogP) is 4.09. The lowest BCUT2D eigenvalue weighted by Gasteiger charge is -2.32. The number of alkyl halides is 3. The average molecular weight is 288 g/mol. The molecular formula is C14H19F3N2O. The van der Waals surface area contributed by atoms with Gasteiger partial charge in [-0.05, 0) is 24.5 Å². The van der Waals surface area contributed by atoms with Crippen LogP contribution in [0.15, 0.2) is 24.3 Å². The third kappa shape index (κ3) is 4.75. The maximum absolute atomic E-state index is 12.9. The van der Waals surface area contributed by atoms with Crippen molar-refractivity contribution in [3.8, 4) is 0 Å². The highest BCUT2D eigenvalue weighted by molar-refractivity contribution is 5.89. The second-order valence-corrected chi connectivity index (χ2v) is 5.81. The molecule has 0 spiro atoms. The van der Waals surface area contributed by atoms with Gasteiger partial charge in [-0.1, -0.05) is 38.5 Å². The molecule has 0 fully saturated rings. The minimum Gasteiger partial charge on any atom is -0.325 e. The molecule has 1 aromatic carbocycles. The van der Waals surface area contributed by atoms with Crippen LogP contribution >= 0.6 is 0 Å². The molecule has 0 heterocycles. The summed E-state index contributed by atoms with van der Waals surface area (Å²) in [6.45, 7) is 6.16. The fourth-order valence-electron chi connectivity index (χ4n) is 1.72. The SMILES string of the molecule is Cc1ccc(NC(=O)NC(C(C)(C)C)C(F)(F)F)cc1. The molecule has 0 radical (unpaired) electrons. The Bertz CT molecular complexity index is 447. The number of nitrogens with one attached hydrogen (secondary N) is 2. The van der Waals surface area contributed by atoms with E-state index in [0.717, 1.165) is 5.56 Å². The lowest BCUT2D eigenvalue weighted by Crippen LogP contribution is -2.54. The van der Waals surface area contributed by atoms with E-state index in [0.29, 0.717) is 5.69 Å². The summed E-state index contributed by atoms with van der Waals surface area (Å²) < 4.78 is 38.8. The standard InChI is InChI=1S/C14H19F3N2O/c1-9-5-7-10(8-6-9)18-12(20)19-11(13(2,3)4)14(15,16)17/h5-8,11H,1-4H3,(H2,18,19,20). The van der Waals surface area contributed by atoms with Gasteiger partial charge in [-0.3, -0.25) is 0 Å². The van der Waals surface area contributed by atoms with Crippen LogP contribution < -0.4 is 10.6 Å². The molecule has 6 heteroatoms. The average Bonchev–Trinajstić information content (AvgIpc) is 2.26. The van der Waals surface area contributed by atoms with Gasteiger partial charge in [0.15, 0.2) is 0 Å². The predicted molar refractivity (Wildman–Crippen MR) is 72.6 cm³/mol. The van der Waals surface area contributed by atoms with Gasteiger partial charge in [0.25, 0.3) is 0 Å². The summed E-state index contributed by atoms with van der Waals surface area (Å²) in [4.78, 5) is 11.7. The molecule has 1 rings (SSSR count). The Morgan fingerprint density at radius 2 is 1.60 bits per heavy atom. The molecule has 0 aliphatic heterocycles. The van der Waals surface area contributed by atoms with Crippen LogP contribution in [0.4, 0.5) is 23.7 Å². The van der Waals surface area contributed by atoms with E-state index < -0.39 is 23.7 Å². The lowest BCUT2D eigenvalue weighted by molar-refractivity contribution is -0.174. The molecule has 20 heavy (non-hydrogen) atoms. The van der Waals surface area contributed by atoms with Crippen molar-refractivity contribution >= 4 is 11.7 Å². The highest BCUT2D eigenvalue weighted by Crippen LogP contribution is 2.33. The fourth-order valence-corrected chi connectivity index (χ4v) is 1.72. The second kappa shape index (κ2) is 5.73. The Morgan fingerprint density at radius 1 is 1.10 bits per heavy atom. The maximum Gasteiger partial charge on any atom is 0.409 e. The fraction of sp³-hybridized carbons (Fsp3) is 0.500. The number of aryl methyl sites for hydroxylation is 1. The van der Waals surface area contributed by atoms with Gasteiger partial charge in [0.05, 0.1) is 0 Å². The van der Waals surface area contributed by atoms with Crippen molar-refractivity contribution < 1.29 is 18.0 Å². The number of carbonyl (C=O) groups is 1. The normalized spacial score (nSPS) is 13.8. The number of hydrogen-bond donors (Lipinski definition) is 2. The molecule has 1 atom stereocenters. The summed E-state index contributed by atoms with van der Waals surface area (Å²) in [6.07, 6.45) is -4.50. The van der Waals surface area contributed by atoms with Crippen LogP contribution in [-0.4, -0.2) is 18.2 Å². The highest BCUT2D eigenvalue weighted by atomic mass is 19.4. The van der Waals surface area contributed by atoms with Crippen molar-refractivity contribution in [3.05, 3.63) is 29.8 Å². The number of rotatable bonds is 2. The van der Waals surface area contributed by atoms with E-state index in [4.69, 9.17) is 0 Å². The molecule has 112 valence electrons. The number of halogens is 3. The monoisotopic (exact) mass is 288 g/mol. The Labute approximate surface area is 116 Å². The Balaban J connectivity index is 2.75. The Morgan fingerprint density at radius 3 is 2.00 bits per heavy atom. The molecule has 0 aromatic heterocycles. The number of carbonyl (C=O) groups excluding carboxylic acids is 1. The van der Waals surface area contributed by atoms with Crippen molar-refractivity contribution in [1.29, 1.82) is 0 Å². The first kappa shape index (κ1) is 16.3. The first-order valence-electron chi connectivity index (χ1n) is 6.21. The van der Waals surface area contributed by atoms with Gasteiger partial charge in [-0.25, -0.2) is 4.79 Å². The molecule has 0 bridgehead atoms. The van der Waals surface area contributed by atoms with Crippen LogP contribution in [0.3, 0.4) is 0 Å². The number of benzene rings is 1. The topological polar surface area (TPSA) is 41.1 Å². The second-order valence-electron chi connectivity index (χ2n) is 5.81. The molecule has 3 nitrogen and oxygen atoms in total. The Kier molecular flexibility index (Phi) is 4.68. The summed E-state index contributed by atoms with van der Waals surface area (Å²) in [5.74, 6) is 0. The van der Waals surface area contributed by atoms with Crippen LogP contribution in [0, 0.1) is 12.3 Å².